The first-order valence-electron chi connectivity index (χ1n) is 9.45. The van der Waals surface area contributed by atoms with E-state index in [-0.39, 0.29) is 16.6 Å². The van der Waals surface area contributed by atoms with Gasteiger partial charge in [0.05, 0.1) is 10.9 Å². The number of carbonyl (C=O) groups is 1. The van der Waals surface area contributed by atoms with Gasteiger partial charge in [0, 0.05) is 11.3 Å². The van der Waals surface area contributed by atoms with Gasteiger partial charge in [-0.15, -0.1) is 0 Å². The van der Waals surface area contributed by atoms with E-state index in [4.69, 9.17) is 0 Å². The Morgan fingerprint density at radius 2 is 1.87 bits per heavy atom. The molecular weight excluding hydrogens is 396 g/mol. The third kappa shape index (κ3) is 4.61. The largest absolute Gasteiger partial charge is 0.325 e. The van der Waals surface area contributed by atoms with Gasteiger partial charge in [0.2, 0.25) is 5.91 Å². The second-order valence-corrected chi connectivity index (χ2v) is 8.40. The van der Waals surface area contributed by atoms with Gasteiger partial charge < -0.3 is 10.3 Å². The second-order valence-electron chi connectivity index (χ2n) is 7.07. The Bertz CT molecular complexity index is 1190. The molecule has 1 aromatic heterocycles. The molecule has 0 bridgehead atoms. The van der Waals surface area contributed by atoms with Gasteiger partial charge in [0.15, 0.2) is 5.16 Å². The number of nitriles is 1. The molecule has 0 saturated carbocycles. The molecule has 1 amide bonds. The number of thioether (sulfide) groups is 1. The third-order valence-corrected chi connectivity index (χ3v) is 5.84. The number of nitrogens with one attached hydrogen (secondary N) is 2. The molecule has 2 N–H and O–H groups in total. The van der Waals surface area contributed by atoms with E-state index in [0.717, 1.165) is 34.1 Å². The molecule has 7 heteroatoms. The van der Waals surface area contributed by atoms with Gasteiger partial charge in [-0.3, -0.25) is 9.59 Å². The van der Waals surface area contributed by atoms with Crippen molar-refractivity contribution in [3.05, 3.63) is 75.1 Å². The van der Waals surface area contributed by atoms with E-state index in [0.29, 0.717) is 11.3 Å². The van der Waals surface area contributed by atoms with Crippen LogP contribution in [0.3, 0.4) is 0 Å². The van der Waals surface area contributed by atoms with Crippen LogP contribution >= 0.6 is 11.8 Å². The van der Waals surface area contributed by atoms with Gasteiger partial charge in [0.1, 0.15) is 11.6 Å². The fraction of sp³-hybridized carbons (Fsp3) is 0.217. The molecule has 30 heavy (non-hydrogen) atoms. The maximum Gasteiger partial charge on any atom is 0.270 e. The minimum absolute atomic E-state index is 0.0457. The molecule has 0 saturated heterocycles. The van der Waals surface area contributed by atoms with Crippen LogP contribution in [-0.4, -0.2) is 21.1 Å². The average Bonchev–Trinajstić information content (AvgIpc) is 2.71. The molecule has 0 spiro atoms. The zero-order chi connectivity index (χ0) is 21.8. The highest BCUT2D eigenvalue weighted by Gasteiger charge is 2.19. The lowest BCUT2D eigenvalue weighted by Crippen LogP contribution is -2.24. The lowest BCUT2D eigenvalue weighted by atomic mass is 10.1. The van der Waals surface area contributed by atoms with Crippen molar-refractivity contribution in [2.75, 3.05) is 5.32 Å². The summed E-state index contributed by atoms with van der Waals surface area (Å²) < 4.78 is 0. The van der Waals surface area contributed by atoms with E-state index in [1.165, 1.54) is 0 Å². The standard InChI is InChI=1S/C23H22N4O2S/c1-13-8-10-17(11-9-13)20-18(12-24)22(29)27-23(26-20)30-16(4)21(28)25-19-7-5-6-14(2)15(19)3/h5-11,16H,1-4H3,(H,25,28)(H,26,27,29)/t16-/m0/s1. The Balaban J connectivity index is 1.86. The average molecular weight is 419 g/mol. The van der Waals surface area contributed by atoms with Crippen LogP contribution in [-0.2, 0) is 4.79 Å². The van der Waals surface area contributed by atoms with Gasteiger partial charge in [-0.25, -0.2) is 4.98 Å². The molecule has 0 aliphatic rings. The first kappa shape index (κ1) is 21.3. The van der Waals surface area contributed by atoms with Crippen LogP contribution in [0.2, 0.25) is 0 Å². The fourth-order valence-electron chi connectivity index (χ4n) is 2.87. The number of aryl methyl sites for hydroxylation is 2. The van der Waals surface area contributed by atoms with Crippen LogP contribution < -0.4 is 10.9 Å². The van der Waals surface area contributed by atoms with Crippen LogP contribution in [0.5, 0.6) is 0 Å². The van der Waals surface area contributed by atoms with Crippen molar-refractivity contribution in [1.29, 1.82) is 5.26 Å². The maximum absolute atomic E-state index is 12.7. The number of rotatable bonds is 5. The molecule has 1 heterocycles. The molecule has 3 rings (SSSR count). The maximum atomic E-state index is 12.7. The van der Waals surface area contributed by atoms with Gasteiger partial charge >= 0.3 is 0 Å². The molecule has 1 atom stereocenters. The number of amides is 1. The molecule has 0 aliphatic heterocycles. The Morgan fingerprint density at radius 1 is 1.17 bits per heavy atom. The van der Waals surface area contributed by atoms with E-state index in [2.05, 4.69) is 15.3 Å². The molecule has 152 valence electrons. The van der Waals surface area contributed by atoms with Crippen LogP contribution in [0.1, 0.15) is 29.2 Å². The predicted octanol–water partition coefficient (Wildman–Crippen LogP) is 4.35. The summed E-state index contributed by atoms with van der Waals surface area (Å²) in [5.74, 6) is -0.197. The molecule has 0 unspecified atom stereocenters. The zero-order valence-corrected chi connectivity index (χ0v) is 18.1. The van der Waals surface area contributed by atoms with E-state index in [9.17, 15) is 14.9 Å². The number of hydrogen-bond donors (Lipinski definition) is 2. The first-order chi connectivity index (χ1) is 14.3. The highest BCUT2D eigenvalue weighted by molar-refractivity contribution is 8.00. The minimum Gasteiger partial charge on any atom is -0.325 e. The first-order valence-corrected chi connectivity index (χ1v) is 10.3. The second kappa shape index (κ2) is 8.97. The summed E-state index contributed by atoms with van der Waals surface area (Å²) >= 11 is 1.14. The molecule has 3 aromatic rings. The number of aromatic nitrogens is 2. The number of aromatic amines is 1. The van der Waals surface area contributed by atoms with Crippen molar-refractivity contribution in [1.82, 2.24) is 9.97 Å². The highest BCUT2D eigenvalue weighted by atomic mass is 32.2. The van der Waals surface area contributed by atoms with Crippen LogP contribution in [0.4, 0.5) is 5.69 Å². The molecule has 0 fully saturated rings. The van der Waals surface area contributed by atoms with Crippen molar-refractivity contribution in [2.45, 2.75) is 38.1 Å². The van der Waals surface area contributed by atoms with E-state index in [1.54, 1.807) is 6.92 Å². The topological polar surface area (TPSA) is 98.6 Å². The van der Waals surface area contributed by atoms with Crippen molar-refractivity contribution in [3.63, 3.8) is 0 Å². The van der Waals surface area contributed by atoms with Crippen LogP contribution in [0.15, 0.2) is 52.4 Å². The van der Waals surface area contributed by atoms with E-state index < -0.39 is 10.8 Å². The van der Waals surface area contributed by atoms with E-state index in [1.807, 2.05) is 69.3 Å². The predicted molar refractivity (Wildman–Crippen MR) is 120 cm³/mol. The third-order valence-electron chi connectivity index (χ3n) is 4.85. The summed E-state index contributed by atoms with van der Waals surface area (Å²) in [6.45, 7) is 7.64. The van der Waals surface area contributed by atoms with E-state index >= 15 is 0 Å². The number of benzene rings is 2. The summed E-state index contributed by atoms with van der Waals surface area (Å²) in [4.78, 5) is 32.2. The summed E-state index contributed by atoms with van der Waals surface area (Å²) in [5.41, 5.74) is 4.35. The van der Waals surface area contributed by atoms with Gasteiger partial charge in [-0.2, -0.15) is 5.26 Å². The molecule has 2 aromatic carbocycles. The van der Waals surface area contributed by atoms with Crippen LogP contribution in [0.25, 0.3) is 11.3 Å². The lowest BCUT2D eigenvalue weighted by molar-refractivity contribution is -0.115. The van der Waals surface area contributed by atoms with Gasteiger partial charge in [-0.1, -0.05) is 53.7 Å². The van der Waals surface area contributed by atoms with Crippen LogP contribution in [0, 0.1) is 32.1 Å². The Kier molecular flexibility index (Phi) is 6.38. The van der Waals surface area contributed by atoms with Crippen molar-refractivity contribution >= 4 is 23.4 Å². The summed E-state index contributed by atoms with van der Waals surface area (Å²) in [6.07, 6.45) is 0. The molecule has 0 radical (unpaired) electrons. The fourth-order valence-corrected chi connectivity index (χ4v) is 3.67. The molecular formula is C23H22N4O2S. The number of nitrogens with zero attached hydrogens (tertiary/aromatic N) is 2. The lowest BCUT2D eigenvalue weighted by Gasteiger charge is -2.14. The van der Waals surface area contributed by atoms with Crippen molar-refractivity contribution in [2.24, 2.45) is 0 Å². The number of H-pyrrole nitrogens is 1. The number of anilines is 1. The molecule has 0 aliphatic carbocycles. The zero-order valence-electron chi connectivity index (χ0n) is 17.2. The Hall–Kier alpha value is -3.37. The number of carbonyl (C=O) groups excluding carboxylic acids is 1. The monoisotopic (exact) mass is 418 g/mol. The summed E-state index contributed by atoms with van der Waals surface area (Å²) in [5, 5.41) is 12.1. The molecule has 6 nitrogen and oxygen atoms in total. The smallest absolute Gasteiger partial charge is 0.270 e. The minimum atomic E-state index is -0.521. The summed E-state index contributed by atoms with van der Waals surface area (Å²) in [6, 6.07) is 15.1. The highest BCUT2D eigenvalue weighted by Crippen LogP contribution is 2.26. The van der Waals surface area contributed by atoms with Crippen molar-refractivity contribution in [3.8, 4) is 17.3 Å². The quantitative estimate of drug-likeness (QED) is 0.474. The van der Waals surface area contributed by atoms with Gasteiger partial charge in [-0.05, 0) is 44.9 Å². The van der Waals surface area contributed by atoms with Crippen molar-refractivity contribution < 1.29 is 4.79 Å². The number of hydrogen-bond acceptors (Lipinski definition) is 5. The Labute approximate surface area is 179 Å². The SMILES string of the molecule is Cc1ccc(-c2nc(S[C@@H](C)C(=O)Nc3cccc(C)c3C)[nH]c(=O)c2C#N)cc1. The summed E-state index contributed by atoms with van der Waals surface area (Å²) in [7, 11) is 0. The van der Waals surface area contributed by atoms with Gasteiger partial charge in [0.25, 0.3) is 5.56 Å². The Morgan fingerprint density at radius 3 is 2.53 bits per heavy atom. The normalized spacial score (nSPS) is 11.6.